The van der Waals surface area contributed by atoms with Crippen LogP contribution in [-0.2, 0) is 4.74 Å². The molecule has 1 aromatic carbocycles. The van der Waals surface area contributed by atoms with Gasteiger partial charge in [0, 0.05) is 31.7 Å². The number of hydrogen-bond donors (Lipinski definition) is 0. The molecule has 0 radical (unpaired) electrons. The van der Waals surface area contributed by atoms with Crippen LogP contribution in [0.5, 0.6) is 0 Å². The van der Waals surface area contributed by atoms with E-state index in [0.29, 0.717) is 18.8 Å². The standard InChI is InChI=1S/C17H23N3O2/c21-16(15-7-3-1-4-8-15)18-17(19-9-5-2-6-10-19)20-11-13-22-14-12-20/h1,3-4,7-8H,2,5-6,9-14H2. The lowest BCUT2D eigenvalue weighted by atomic mass is 10.1. The molecule has 22 heavy (non-hydrogen) atoms. The van der Waals surface area contributed by atoms with Gasteiger partial charge in [-0.3, -0.25) is 4.79 Å². The van der Waals surface area contributed by atoms with Crippen LogP contribution in [0.1, 0.15) is 29.6 Å². The van der Waals surface area contributed by atoms with Gasteiger partial charge in [0.05, 0.1) is 13.2 Å². The van der Waals surface area contributed by atoms with Gasteiger partial charge in [-0.1, -0.05) is 18.2 Å². The van der Waals surface area contributed by atoms with Gasteiger partial charge >= 0.3 is 0 Å². The number of guanidine groups is 1. The molecule has 5 nitrogen and oxygen atoms in total. The Balaban J connectivity index is 1.82. The number of piperidine rings is 1. The first-order valence-electron chi connectivity index (χ1n) is 8.10. The molecule has 2 aliphatic heterocycles. The van der Waals surface area contributed by atoms with Gasteiger partial charge in [-0.25, -0.2) is 0 Å². The van der Waals surface area contributed by atoms with Crippen molar-refractivity contribution in [1.82, 2.24) is 9.80 Å². The third-order valence-electron chi connectivity index (χ3n) is 4.16. The molecule has 0 N–H and O–H groups in total. The normalized spacial score (nSPS) is 20.1. The fourth-order valence-electron chi connectivity index (χ4n) is 2.93. The maximum absolute atomic E-state index is 12.5. The van der Waals surface area contributed by atoms with E-state index in [4.69, 9.17) is 4.74 Å². The summed E-state index contributed by atoms with van der Waals surface area (Å²) in [5, 5.41) is 0. The van der Waals surface area contributed by atoms with E-state index >= 15 is 0 Å². The number of likely N-dealkylation sites (tertiary alicyclic amines) is 1. The molecule has 118 valence electrons. The second-order valence-electron chi connectivity index (χ2n) is 5.73. The minimum absolute atomic E-state index is 0.160. The van der Waals surface area contributed by atoms with Crippen LogP contribution < -0.4 is 0 Å². The van der Waals surface area contributed by atoms with Gasteiger partial charge in [-0.2, -0.15) is 4.99 Å². The molecule has 2 fully saturated rings. The number of ether oxygens (including phenoxy) is 1. The molecule has 1 amide bonds. The molecule has 0 unspecified atom stereocenters. The van der Waals surface area contributed by atoms with E-state index in [1.807, 2.05) is 30.3 Å². The Morgan fingerprint density at radius 2 is 1.55 bits per heavy atom. The topological polar surface area (TPSA) is 45.1 Å². The quantitative estimate of drug-likeness (QED) is 0.588. The van der Waals surface area contributed by atoms with Crippen LogP contribution in [0.25, 0.3) is 0 Å². The number of benzene rings is 1. The smallest absolute Gasteiger partial charge is 0.280 e. The SMILES string of the molecule is O=C(N=C(N1CCCCC1)N1CCOCC1)c1ccccc1. The van der Waals surface area contributed by atoms with Crippen molar-refractivity contribution in [3.05, 3.63) is 35.9 Å². The van der Waals surface area contributed by atoms with E-state index in [-0.39, 0.29) is 5.91 Å². The molecule has 0 aromatic heterocycles. The number of amides is 1. The van der Waals surface area contributed by atoms with Gasteiger partial charge in [0.1, 0.15) is 0 Å². The zero-order valence-electron chi connectivity index (χ0n) is 12.9. The maximum Gasteiger partial charge on any atom is 0.280 e. The van der Waals surface area contributed by atoms with E-state index in [1.54, 1.807) is 0 Å². The summed E-state index contributed by atoms with van der Waals surface area (Å²) in [6, 6.07) is 9.29. The molecule has 0 aliphatic carbocycles. The van der Waals surface area contributed by atoms with Crippen molar-refractivity contribution in [3.63, 3.8) is 0 Å². The highest BCUT2D eigenvalue weighted by Gasteiger charge is 2.23. The van der Waals surface area contributed by atoms with E-state index < -0.39 is 0 Å². The molecule has 1 aromatic rings. The number of nitrogens with zero attached hydrogens (tertiary/aromatic N) is 3. The first-order chi connectivity index (χ1) is 10.8. The number of hydrogen-bond acceptors (Lipinski definition) is 2. The molecular weight excluding hydrogens is 278 g/mol. The second kappa shape index (κ2) is 7.40. The predicted molar refractivity (Wildman–Crippen MR) is 86.0 cm³/mol. The van der Waals surface area contributed by atoms with Crippen LogP contribution in [0, 0.1) is 0 Å². The number of carbonyl (C=O) groups is 1. The summed E-state index contributed by atoms with van der Waals surface area (Å²) in [4.78, 5) is 21.4. The summed E-state index contributed by atoms with van der Waals surface area (Å²) in [5.74, 6) is 0.671. The van der Waals surface area contributed by atoms with E-state index in [1.165, 1.54) is 19.3 Å². The Hall–Kier alpha value is -1.88. The van der Waals surface area contributed by atoms with Crippen LogP contribution in [0.4, 0.5) is 0 Å². The molecular formula is C17H23N3O2. The summed E-state index contributed by atoms with van der Waals surface area (Å²) in [7, 11) is 0. The number of rotatable bonds is 1. The summed E-state index contributed by atoms with van der Waals surface area (Å²) in [5.41, 5.74) is 0.644. The minimum atomic E-state index is -0.160. The van der Waals surface area contributed by atoms with Gasteiger partial charge in [0.25, 0.3) is 5.91 Å². The minimum Gasteiger partial charge on any atom is -0.378 e. The number of aliphatic imine (C=N–C) groups is 1. The van der Waals surface area contributed by atoms with Crippen LogP contribution in [-0.4, -0.2) is 61.1 Å². The maximum atomic E-state index is 12.5. The Bertz CT molecular complexity index is 498. The fourth-order valence-corrected chi connectivity index (χ4v) is 2.93. The van der Waals surface area contributed by atoms with Gasteiger partial charge < -0.3 is 14.5 Å². The third kappa shape index (κ3) is 3.65. The van der Waals surface area contributed by atoms with Crippen LogP contribution in [0.3, 0.4) is 0 Å². The Morgan fingerprint density at radius 1 is 0.909 bits per heavy atom. The van der Waals surface area contributed by atoms with E-state index in [0.717, 1.165) is 32.1 Å². The molecule has 2 heterocycles. The monoisotopic (exact) mass is 301 g/mol. The fraction of sp³-hybridized carbons (Fsp3) is 0.529. The van der Waals surface area contributed by atoms with Crippen molar-refractivity contribution in [3.8, 4) is 0 Å². The van der Waals surface area contributed by atoms with Crippen molar-refractivity contribution in [2.75, 3.05) is 39.4 Å². The average Bonchev–Trinajstić information content (AvgIpc) is 2.62. The highest BCUT2D eigenvalue weighted by atomic mass is 16.5. The summed E-state index contributed by atoms with van der Waals surface area (Å²) < 4.78 is 5.43. The van der Waals surface area contributed by atoms with Crippen LogP contribution in [0.15, 0.2) is 35.3 Å². The molecule has 2 aliphatic rings. The first kappa shape index (κ1) is 15.0. The van der Waals surface area contributed by atoms with Crippen molar-refractivity contribution in [1.29, 1.82) is 0 Å². The van der Waals surface area contributed by atoms with Gasteiger partial charge in [0.15, 0.2) is 0 Å². The van der Waals surface area contributed by atoms with Crippen molar-refractivity contribution in [2.24, 2.45) is 4.99 Å². The van der Waals surface area contributed by atoms with E-state index in [2.05, 4.69) is 14.8 Å². The lowest BCUT2D eigenvalue weighted by molar-refractivity contribution is 0.0608. The molecule has 0 spiro atoms. The Morgan fingerprint density at radius 3 is 2.23 bits per heavy atom. The van der Waals surface area contributed by atoms with Crippen molar-refractivity contribution >= 4 is 11.9 Å². The lowest BCUT2D eigenvalue weighted by Crippen LogP contribution is -2.51. The average molecular weight is 301 g/mol. The number of morpholine rings is 1. The Kier molecular flexibility index (Phi) is 5.06. The number of carbonyl (C=O) groups excluding carboxylic acids is 1. The van der Waals surface area contributed by atoms with Crippen LogP contribution >= 0.6 is 0 Å². The van der Waals surface area contributed by atoms with Gasteiger partial charge in [0.2, 0.25) is 5.96 Å². The highest BCUT2D eigenvalue weighted by molar-refractivity contribution is 6.02. The summed E-state index contributed by atoms with van der Waals surface area (Å²) in [6.45, 7) is 4.98. The lowest BCUT2D eigenvalue weighted by Gasteiger charge is -2.38. The largest absolute Gasteiger partial charge is 0.378 e. The zero-order valence-corrected chi connectivity index (χ0v) is 12.9. The van der Waals surface area contributed by atoms with Crippen LogP contribution in [0.2, 0.25) is 0 Å². The predicted octanol–water partition coefficient (Wildman–Crippen LogP) is 2.00. The zero-order chi connectivity index (χ0) is 15.2. The van der Waals surface area contributed by atoms with Gasteiger partial charge in [-0.15, -0.1) is 0 Å². The Labute approximate surface area is 131 Å². The van der Waals surface area contributed by atoms with Gasteiger partial charge in [-0.05, 0) is 31.4 Å². The highest BCUT2D eigenvalue weighted by Crippen LogP contribution is 2.14. The molecule has 0 saturated carbocycles. The summed E-state index contributed by atoms with van der Waals surface area (Å²) in [6.07, 6.45) is 3.60. The molecule has 0 bridgehead atoms. The molecule has 5 heteroatoms. The third-order valence-corrected chi connectivity index (χ3v) is 4.16. The second-order valence-corrected chi connectivity index (χ2v) is 5.73. The first-order valence-corrected chi connectivity index (χ1v) is 8.10. The molecule has 0 atom stereocenters. The van der Waals surface area contributed by atoms with Crippen molar-refractivity contribution < 1.29 is 9.53 Å². The van der Waals surface area contributed by atoms with E-state index in [9.17, 15) is 4.79 Å². The summed E-state index contributed by atoms with van der Waals surface area (Å²) >= 11 is 0. The van der Waals surface area contributed by atoms with Crippen molar-refractivity contribution in [2.45, 2.75) is 19.3 Å². The molecule has 3 rings (SSSR count). The molecule has 2 saturated heterocycles.